The number of hydrogen-bond acceptors (Lipinski definition) is 2. The molecule has 1 unspecified atom stereocenters. The molecule has 0 radical (unpaired) electrons. The molecule has 0 fully saturated rings. The molecule has 0 aliphatic rings. The van der Waals surface area contributed by atoms with Gasteiger partial charge in [-0.05, 0) is 56.6 Å². The Morgan fingerprint density at radius 1 is 1.14 bits per heavy atom. The lowest BCUT2D eigenvalue weighted by Gasteiger charge is -2.17. The Morgan fingerprint density at radius 2 is 1.95 bits per heavy atom. The minimum atomic E-state index is -0.171. The van der Waals surface area contributed by atoms with Crippen molar-refractivity contribution in [3.05, 3.63) is 65.0 Å². The number of nitrogens with one attached hydrogen (secondary N) is 1. The third-order valence-electron chi connectivity index (χ3n) is 3.63. The van der Waals surface area contributed by atoms with E-state index in [-0.39, 0.29) is 5.82 Å². The highest BCUT2D eigenvalue weighted by molar-refractivity contribution is 7.99. The lowest BCUT2D eigenvalue weighted by atomic mass is 10.00. The third kappa shape index (κ3) is 4.87. The van der Waals surface area contributed by atoms with Crippen LogP contribution in [0.1, 0.15) is 16.7 Å². The molecule has 0 aromatic heterocycles. The summed E-state index contributed by atoms with van der Waals surface area (Å²) in [5.74, 6) is 0.753. The van der Waals surface area contributed by atoms with Crippen LogP contribution in [0.25, 0.3) is 0 Å². The Labute approximate surface area is 131 Å². The molecule has 1 atom stereocenters. The van der Waals surface area contributed by atoms with Gasteiger partial charge in [0.05, 0.1) is 0 Å². The predicted octanol–water partition coefficient (Wildman–Crippen LogP) is 4.37. The largest absolute Gasteiger partial charge is 0.316 e. The van der Waals surface area contributed by atoms with Gasteiger partial charge in [0, 0.05) is 16.7 Å². The summed E-state index contributed by atoms with van der Waals surface area (Å²) in [6.45, 7) is 4.28. The van der Waals surface area contributed by atoms with E-state index in [1.165, 1.54) is 22.8 Å². The van der Waals surface area contributed by atoms with Gasteiger partial charge in [0.25, 0.3) is 0 Å². The van der Waals surface area contributed by atoms with E-state index in [0.717, 1.165) is 17.1 Å². The van der Waals surface area contributed by atoms with Crippen LogP contribution in [0, 0.1) is 19.7 Å². The Hall–Kier alpha value is -1.32. The summed E-state index contributed by atoms with van der Waals surface area (Å²) in [7, 11) is 1.99. The predicted molar refractivity (Wildman–Crippen MR) is 89.6 cm³/mol. The van der Waals surface area contributed by atoms with Crippen molar-refractivity contribution in [2.75, 3.05) is 12.8 Å². The molecular weight excluding hydrogens is 281 g/mol. The summed E-state index contributed by atoms with van der Waals surface area (Å²) in [6.07, 6.45) is 0.992. The van der Waals surface area contributed by atoms with Crippen LogP contribution in [0.4, 0.5) is 4.39 Å². The Kier molecular flexibility index (Phi) is 5.83. The van der Waals surface area contributed by atoms with Gasteiger partial charge in [0.1, 0.15) is 5.82 Å². The molecule has 2 aromatic carbocycles. The van der Waals surface area contributed by atoms with Crippen molar-refractivity contribution in [1.82, 2.24) is 5.32 Å². The highest BCUT2D eigenvalue weighted by Gasteiger charge is 2.10. The molecule has 0 aliphatic carbocycles. The van der Waals surface area contributed by atoms with E-state index in [1.807, 2.05) is 13.1 Å². The zero-order valence-corrected chi connectivity index (χ0v) is 13.6. The van der Waals surface area contributed by atoms with Gasteiger partial charge in [0.2, 0.25) is 0 Å². The van der Waals surface area contributed by atoms with Gasteiger partial charge in [0.15, 0.2) is 0 Å². The fourth-order valence-electron chi connectivity index (χ4n) is 2.28. The molecule has 0 spiro atoms. The maximum Gasteiger partial charge on any atom is 0.124 e. The first-order valence-electron chi connectivity index (χ1n) is 7.20. The topological polar surface area (TPSA) is 12.0 Å². The fourth-order valence-corrected chi connectivity index (χ4v) is 3.33. The maximum absolute atomic E-state index is 13.2. The summed E-state index contributed by atoms with van der Waals surface area (Å²) in [5.41, 5.74) is 4.01. The number of aryl methyl sites for hydroxylation is 2. The second-order valence-electron chi connectivity index (χ2n) is 5.39. The molecule has 0 aliphatic heterocycles. The van der Waals surface area contributed by atoms with E-state index in [4.69, 9.17) is 0 Å². The minimum Gasteiger partial charge on any atom is -0.316 e. The molecule has 1 N–H and O–H groups in total. The molecule has 2 rings (SSSR count). The van der Waals surface area contributed by atoms with Crippen LogP contribution in [-0.4, -0.2) is 18.8 Å². The second-order valence-corrected chi connectivity index (χ2v) is 6.48. The van der Waals surface area contributed by atoms with Gasteiger partial charge in [-0.1, -0.05) is 29.8 Å². The summed E-state index contributed by atoms with van der Waals surface area (Å²) in [6, 6.07) is 13.7. The Bertz CT molecular complexity index is 598. The summed E-state index contributed by atoms with van der Waals surface area (Å²) >= 11 is 1.69. The average Bonchev–Trinajstić information content (AvgIpc) is 2.47. The number of thioether (sulfide) groups is 1. The van der Waals surface area contributed by atoms with Gasteiger partial charge in [-0.3, -0.25) is 0 Å². The first kappa shape index (κ1) is 16.1. The van der Waals surface area contributed by atoms with Crippen LogP contribution in [0.3, 0.4) is 0 Å². The van der Waals surface area contributed by atoms with Gasteiger partial charge >= 0.3 is 0 Å². The van der Waals surface area contributed by atoms with E-state index >= 15 is 0 Å². The third-order valence-corrected chi connectivity index (χ3v) is 4.78. The number of hydrogen-bond donors (Lipinski definition) is 1. The zero-order chi connectivity index (χ0) is 15.2. The molecule has 2 aromatic rings. The first-order chi connectivity index (χ1) is 10.1. The SMILES string of the molecule is CNC(CSc1cccc(F)c1)Cc1cc(C)ccc1C. The average molecular weight is 303 g/mol. The summed E-state index contributed by atoms with van der Waals surface area (Å²) in [5, 5.41) is 3.37. The van der Waals surface area contributed by atoms with E-state index in [0.29, 0.717) is 6.04 Å². The maximum atomic E-state index is 13.2. The van der Waals surface area contributed by atoms with E-state index in [1.54, 1.807) is 23.9 Å². The monoisotopic (exact) mass is 303 g/mol. The standard InChI is InChI=1S/C18H22FNS/c1-13-7-8-14(2)15(9-13)10-17(20-3)12-21-18-6-4-5-16(19)11-18/h4-9,11,17,20H,10,12H2,1-3H3. The Balaban J connectivity index is 1.98. The normalized spacial score (nSPS) is 12.4. The van der Waals surface area contributed by atoms with Crippen molar-refractivity contribution in [2.45, 2.75) is 31.2 Å². The molecule has 0 amide bonds. The summed E-state index contributed by atoms with van der Waals surface area (Å²) in [4.78, 5) is 0.983. The van der Waals surface area contributed by atoms with E-state index in [2.05, 4.69) is 37.4 Å². The molecule has 21 heavy (non-hydrogen) atoms. The lowest BCUT2D eigenvalue weighted by Crippen LogP contribution is -2.30. The van der Waals surface area contributed by atoms with Crippen LogP contribution in [0.2, 0.25) is 0 Å². The molecule has 0 saturated heterocycles. The van der Waals surface area contributed by atoms with Gasteiger partial charge in [-0.2, -0.15) is 0 Å². The van der Waals surface area contributed by atoms with Gasteiger partial charge in [-0.25, -0.2) is 4.39 Å². The van der Waals surface area contributed by atoms with Gasteiger partial charge < -0.3 is 5.32 Å². The molecule has 0 heterocycles. The first-order valence-corrected chi connectivity index (χ1v) is 8.19. The van der Waals surface area contributed by atoms with Crippen molar-refractivity contribution in [1.29, 1.82) is 0 Å². The smallest absolute Gasteiger partial charge is 0.124 e. The van der Waals surface area contributed by atoms with E-state index < -0.39 is 0 Å². The number of benzene rings is 2. The molecule has 1 nitrogen and oxygen atoms in total. The van der Waals surface area contributed by atoms with Crippen LogP contribution in [0.15, 0.2) is 47.4 Å². The van der Waals surface area contributed by atoms with Crippen molar-refractivity contribution < 1.29 is 4.39 Å². The molecule has 0 bridgehead atoms. The number of likely N-dealkylation sites (N-methyl/N-ethyl adjacent to an activating group) is 1. The van der Waals surface area contributed by atoms with E-state index in [9.17, 15) is 4.39 Å². The molecule has 3 heteroatoms. The number of rotatable bonds is 6. The van der Waals surface area contributed by atoms with Crippen molar-refractivity contribution in [2.24, 2.45) is 0 Å². The van der Waals surface area contributed by atoms with Crippen LogP contribution < -0.4 is 5.32 Å². The van der Waals surface area contributed by atoms with Crippen LogP contribution in [-0.2, 0) is 6.42 Å². The van der Waals surface area contributed by atoms with Crippen molar-refractivity contribution in [3.63, 3.8) is 0 Å². The zero-order valence-electron chi connectivity index (χ0n) is 12.8. The molecular formula is C18H22FNS. The number of halogens is 1. The van der Waals surface area contributed by atoms with Crippen LogP contribution >= 0.6 is 11.8 Å². The minimum absolute atomic E-state index is 0.171. The summed E-state index contributed by atoms with van der Waals surface area (Å²) < 4.78 is 13.2. The second kappa shape index (κ2) is 7.62. The highest BCUT2D eigenvalue weighted by Crippen LogP contribution is 2.21. The lowest BCUT2D eigenvalue weighted by molar-refractivity contribution is 0.614. The Morgan fingerprint density at radius 3 is 2.67 bits per heavy atom. The highest BCUT2D eigenvalue weighted by atomic mass is 32.2. The molecule has 0 saturated carbocycles. The quantitative estimate of drug-likeness (QED) is 0.796. The van der Waals surface area contributed by atoms with Crippen LogP contribution in [0.5, 0.6) is 0 Å². The molecule has 112 valence electrons. The fraction of sp³-hybridized carbons (Fsp3) is 0.333. The van der Waals surface area contributed by atoms with Crippen molar-refractivity contribution in [3.8, 4) is 0 Å². The van der Waals surface area contributed by atoms with Crippen molar-refractivity contribution >= 4 is 11.8 Å². The van der Waals surface area contributed by atoms with Gasteiger partial charge in [-0.15, -0.1) is 11.8 Å².